The van der Waals surface area contributed by atoms with Gasteiger partial charge in [0.1, 0.15) is 5.01 Å². The third-order valence-corrected chi connectivity index (χ3v) is 6.02. The molecular formula is C24H19ClN2O2S. The Morgan fingerprint density at radius 3 is 2.43 bits per heavy atom. The SMILES string of the molecule is Cc1ccc2nc(-c3ccc(NC(=O)CCC(=O)c4ccc(Cl)cc4)cc3)sc2c1. The fraction of sp³-hybridized carbons (Fsp3) is 0.125. The maximum Gasteiger partial charge on any atom is 0.224 e. The molecule has 0 bridgehead atoms. The summed E-state index contributed by atoms with van der Waals surface area (Å²) >= 11 is 7.48. The Kier molecular flexibility index (Phi) is 5.93. The summed E-state index contributed by atoms with van der Waals surface area (Å²) in [7, 11) is 0. The van der Waals surface area contributed by atoms with Gasteiger partial charge >= 0.3 is 0 Å². The van der Waals surface area contributed by atoms with Gasteiger partial charge in [-0.15, -0.1) is 11.3 Å². The van der Waals surface area contributed by atoms with Crippen molar-refractivity contribution in [3.63, 3.8) is 0 Å². The van der Waals surface area contributed by atoms with Crippen molar-refractivity contribution >= 4 is 50.5 Å². The van der Waals surface area contributed by atoms with Gasteiger partial charge in [0.25, 0.3) is 0 Å². The molecule has 1 N–H and O–H groups in total. The number of hydrogen-bond donors (Lipinski definition) is 1. The van der Waals surface area contributed by atoms with E-state index in [1.54, 1.807) is 35.6 Å². The molecule has 0 saturated heterocycles. The number of aromatic nitrogens is 1. The summed E-state index contributed by atoms with van der Waals surface area (Å²) in [5.41, 5.74) is 4.46. The van der Waals surface area contributed by atoms with E-state index in [2.05, 4.69) is 29.4 Å². The first kappa shape index (κ1) is 20.3. The third kappa shape index (κ3) is 4.75. The van der Waals surface area contributed by atoms with Crippen LogP contribution in [-0.2, 0) is 4.79 Å². The highest BCUT2D eigenvalue weighted by atomic mass is 35.5. The lowest BCUT2D eigenvalue weighted by molar-refractivity contribution is -0.116. The predicted octanol–water partition coefficient (Wildman–Crippen LogP) is 6.53. The Labute approximate surface area is 183 Å². The Morgan fingerprint density at radius 1 is 0.967 bits per heavy atom. The van der Waals surface area contributed by atoms with Gasteiger partial charge in [0.15, 0.2) is 5.78 Å². The topological polar surface area (TPSA) is 59.1 Å². The molecule has 0 radical (unpaired) electrons. The van der Waals surface area contributed by atoms with Crippen LogP contribution in [0.3, 0.4) is 0 Å². The minimum atomic E-state index is -0.194. The van der Waals surface area contributed by atoms with Gasteiger partial charge in [-0.25, -0.2) is 4.98 Å². The van der Waals surface area contributed by atoms with Gasteiger partial charge in [-0.1, -0.05) is 17.7 Å². The number of halogens is 1. The van der Waals surface area contributed by atoms with Gasteiger partial charge in [0, 0.05) is 34.7 Å². The van der Waals surface area contributed by atoms with Crippen molar-refractivity contribution in [1.29, 1.82) is 0 Å². The molecule has 4 aromatic rings. The molecule has 6 heteroatoms. The third-order valence-electron chi connectivity index (χ3n) is 4.70. The van der Waals surface area contributed by atoms with E-state index in [4.69, 9.17) is 11.6 Å². The first-order valence-corrected chi connectivity index (χ1v) is 10.7. The smallest absolute Gasteiger partial charge is 0.224 e. The Hall–Kier alpha value is -3.02. The fourth-order valence-corrected chi connectivity index (χ4v) is 4.28. The molecule has 30 heavy (non-hydrogen) atoms. The number of Topliss-reactive ketones (excluding diaryl/α,β-unsaturated/α-hetero) is 1. The molecule has 1 amide bonds. The highest BCUT2D eigenvalue weighted by Gasteiger charge is 2.11. The molecule has 4 rings (SSSR count). The summed E-state index contributed by atoms with van der Waals surface area (Å²) in [6.45, 7) is 2.07. The van der Waals surface area contributed by atoms with Gasteiger partial charge in [0.2, 0.25) is 5.91 Å². The van der Waals surface area contributed by atoms with Crippen LogP contribution in [0.5, 0.6) is 0 Å². The summed E-state index contributed by atoms with van der Waals surface area (Å²) < 4.78 is 1.16. The maximum absolute atomic E-state index is 12.2. The van der Waals surface area contributed by atoms with E-state index >= 15 is 0 Å². The van der Waals surface area contributed by atoms with Crippen molar-refractivity contribution in [1.82, 2.24) is 4.98 Å². The predicted molar refractivity (Wildman–Crippen MR) is 123 cm³/mol. The average Bonchev–Trinajstić information content (AvgIpc) is 3.16. The van der Waals surface area contributed by atoms with Gasteiger partial charge in [0.05, 0.1) is 10.2 Å². The number of aryl methyl sites for hydroxylation is 1. The van der Waals surface area contributed by atoms with Crippen LogP contribution < -0.4 is 5.32 Å². The van der Waals surface area contributed by atoms with E-state index in [-0.39, 0.29) is 24.5 Å². The number of thiazole rings is 1. The van der Waals surface area contributed by atoms with Gasteiger partial charge in [-0.3, -0.25) is 9.59 Å². The van der Waals surface area contributed by atoms with Crippen LogP contribution in [0.1, 0.15) is 28.8 Å². The van der Waals surface area contributed by atoms with Gasteiger partial charge in [-0.2, -0.15) is 0 Å². The standard InChI is InChI=1S/C24H19ClN2O2S/c1-15-2-11-20-22(14-15)30-24(27-20)17-5-9-19(10-6-17)26-23(29)13-12-21(28)16-3-7-18(25)8-4-16/h2-11,14H,12-13H2,1H3,(H,26,29). The molecule has 0 aliphatic heterocycles. The Morgan fingerprint density at radius 2 is 1.70 bits per heavy atom. The number of rotatable bonds is 6. The first-order valence-electron chi connectivity index (χ1n) is 9.54. The van der Waals surface area contributed by atoms with Crippen molar-refractivity contribution in [3.05, 3.63) is 82.9 Å². The molecule has 3 aromatic carbocycles. The van der Waals surface area contributed by atoms with Crippen LogP contribution in [0.25, 0.3) is 20.8 Å². The number of anilines is 1. The largest absolute Gasteiger partial charge is 0.326 e. The molecule has 0 unspecified atom stereocenters. The molecule has 1 heterocycles. The number of nitrogens with zero attached hydrogens (tertiary/aromatic N) is 1. The lowest BCUT2D eigenvalue weighted by Crippen LogP contribution is -2.13. The number of carbonyl (C=O) groups excluding carboxylic acids is 2. The number of benzene rings is 3. The zero-order valence-electron chi connectivity index (χ0n) is 16.3. The normalized spacial score (nSPS) is 10.9. The van der Waals surface area contributed by atoms with Crippen LogP contribution in [0.2, 0.25) is 5.02 Å². The van der Waals surface area contributed by atoms with Crippen molar-refractivity contribution in [2.45, 2.75) is 19.8 Å². The number of fused-ring (bicyclic) bond motifs is 1. The summed E-state index contributed by atoms with van der Waals surface area (Å²) in [6, 6.07) is 20.5. The molecular weight excluding hydrogens is 416 g/mol. The second-order valence-electron chi connectivity index (χ2n) is 7.05. The lowest BCUT2D eigenvalue weighted by atomic mass is 10.1. The van der Waals surface area contributed by atoms with Crippen LogP contribution in [-0.4, -0.2) is 16.7 Å². The quantitative estimate of drug-likeness (QED) is 0.351. The minimum absolute atomic E-state index is 0.0803. The van der Waals surface area contributed by atoms with Crippen LogP contribution in [0.4, 0.5) is 5.69 Å². The van der Waals surface area contributed by atoms with E-state index in [0.29, 0.717) is 16.3 Å². The number of nitrogens with one attached hydrogen (secondary N) is 1. The second-order valence-corrected chi connectivity index (χ2v) is 8.51. The molecule has 0 fully saturated rings. The first-order chi connectivity index (χ1) is 14.5. The Bertz CT molecular complexity index is 1210. The van der Waals surface area contributed by atoms with Crippen LogP contribution in [0, 0.1) is 6.92 Å². The Balaban J connectivity index is 1.36. The van der Waals surface area contributed by atoms with Crippen molar-refractivity contribution in [2.75, 3.05) is 5.32 Å². The molecule has 4 nitrogen and oxygen atoms in total. The summed E-state index contributed by atoms with van der Waals surface area (Å²) in [5, 5.41) is 4.37. The highest BCUT2D eigenvalue weighted by molar-refractivity contribution is 7.21. The number of amides is 1. The zero-order valence-corrected chi connectivity index (χ0v) is 17.9. The van der Waals surface area contributed by atoms with Crippen LogP contribution in [0.15, 0.2) is 66.7 Å². The van der Waals surface area contributed by atoms with E-state index in [1.807, 2.05) is 30.3 Å². The van der Waals surface area contributed by atoms with Crippen LogP contribution >= 0.6 is 22.9 Å². The highest BCUT2D eigenvalue weighted by Crippen LogP contribution is 2.31. The molecule has 1 aromatic heterocycles. The molecule has 0 aliphatic rings. The molecule has 0 saturated carbocycles. The second kappa shape index (κ2) is 8.78. The number of carbonyl (C=O) groups is 2. The minimum Gasteiger partial charge on any atom is -0.326 e. The summed E-state index contributed by atoms with van der Waals surface area (Å²) in [6.07, 6.45) is 0.275. The molecule has 0 atom stereocenters. The lowest BCUT2D eigenvalue weighted by Gasteiger charge is -2.06. The molecule has 0 spiro atoms. The number of ketones is 1. The van der Waals surface area contributed by atoms with Crippen molar-refractivity contribution in [2.24, 2.45) is 0 Å². The van der Waals surface area contributed by atoms with Crippen molar-refractivity contribution in [3.8, 4) is 10.6 Å². The van der Waals surface area contributed by atoms with Crippen molar-refractivity contribution < 1.29 is 9.59 Å². The van der Waals surface area contributed by atoms with E-state index in [0.717, 1.165) is 20.8 Å². The van der Waals surface area contributed by atoms with E-state index < -0.39 is 0 Å². The zero-order chi connectivity index (χ0) is 21.1. The number of hydrogen-bond acceptors (Lipinski definition) is 4. The average molecular weight is 435 g/mol. The maximum atomic E-state index is 12.2. The van der Waals surface area contributed by atoms with Gasteiger partial charge < -0.3 is 5.32 Å². The summed E-state index contributed by atoms with van der Waals surface area (Å²) in [5.74, 6) is -0.274. The molecule has 0 aliphatic carbocycles. The molecule has 150 valence electrons. The van der Waals surface area contributed by atoms with Gasteiger partial charge in [-0.05, 0) is 73.2 Å². The van der Waals surface area contributed by atoms with E-state index in [9.17, 15) is 9.59 Å². The fourth-order valence-electron chi connectivity index (χ4n) is 3.08. The monoisotopic (exact) mass is 434 g/mol. The van der Waals surface area contributed by atoms with E-state index in [1.165, 1.54) is 5.56 Å². The summed E-state index contributed by atoms with van der Waals surface area (Å²) in [4.78, 5) is 29.1.